The Hall–Kier alpha value is -1.08. The molecule has 1 heteroatoms. The van der Waals surface area contributed by atoms with E-state index in [-0.39, 0.29) is 6.10 Å². The van der Waals surface area contributed by atoms with Crippen molar-refractivity contribution in [3.05, 3.63) is 47.5 Å². The maximum Gasteiger partial charge on any atom is 0.0836 e. The predicted octanol–water partition coefficient (Wildman–Crippen LogP) is 4.51. The van der Waals surface area contributed by atoms with E-state index in [1.165, 1.54) is 17.6 Å². The van der Waals surface area contributed by atoms with Crippen molar-refractivity contribution in [2.75, 3.05) is 0 Å². The second kappa shape index (κ2) is 5.50. The molecule has 2 rings (SSSR count). The van der Waals surface area contributed by atoms with Crippen molar-refractivity contribution in [1.82, 2.24) is 0 Å². The molecule has 2 unspecified atom stereocenters. The third-order valence-corrected chi connectivity index (χ3v) is 3.52. The lowest BCUT2D eigenvalue weighted by Crippen LogP contribution is -2.29. The summed E-state index contributed by atoms with van der Waals surface area (Å²) in [6.07, 6.45) is 5.06. The van der Waals surface area contributed by atoms with Crippen molar-refractivity contribution in [3.8, 4) is 0 Å². The Morgan fingerprint density at radius 3 is 2.53 bits per heavy atom. The maximum absolute atomic E-state index is 6.27. The third kappa shape index (κ3) is 2.78. The smallest absolute Gasteiger partial charge is 0.0836 e. The van der Waals surface area contributed by atoms with Crippen LogP contribution in [0, 0.1) is 5.92 Å². The van der Waals surface area contributed by atoms with Crippen LogP contribution >= 0.6 is 0 Å². The van der Waals surface area contributed by atoms with Gasteiger partial charge in [-0.15, -0.1) is 0 Å². The van der Waals surface area contributed by atoms with Gasteiger partial charge in [-0.2, -0.15) is 0 Å². The van der Waals surface area contributed by atoms with E-state index in [9.17, 15) is 0 Å². The molecule has 0 spiro atoms. The number of allylic oxidation sites excluding steroid dienone is 1. The summed E-state index contributed by atoms with van der Waals surface area (Å²) in [7, 11) is 0. The topological polar surface area (TPSA) is 9.23 Å². The van der Waals surface area contributed by atoms with Crippen LogP contribution in [0.2, 0.25) is 0 Å². The summed E-state index contributed by atoms with van der Waals surface area (Å²) in [4.78, 5) is 0. The van der Waals surface area contributed by atoms with Crippen LogP contribution in [0.4, 0.5) is 0 Å². The van der Waals surface area contributed by atoms with Gasteiger partial charge in [-0.3, -0.25) is 0 Å². The fourth-order valence-electron chi connectivity index (χ4n) is 2.58. The minimum atomic E-state index is 0.271. The largest absolute Gasteiger partial charge is 0.366 e. The number of hydrogen-bond donors (Lipinski definition) is 0. The van der Waals surface area contributed by atoms with Gasteiger partial charge < -0.3 is 4.74 Å². The fourth-order valence-corrected chi connectivity index (χ4v) is 2.58. The zero-order chi connectivity index (χ0) is 12.3. The van der Waals surface area contributed by atoms with E-state index in [1.807, 2.05) is 0 Å². The molecule has 1 aromatic carbocycles. The molecule has 1 saturated heterocycles. The Bertz CT molecular complexity index is 378. The summed E-state index contributed by atoms with van der Waals surface area (Å²) in [5.74, 6) is 0.549. The molecule has 1 fully saturated rings. The van der Waals surface area contributed by atoms with Crippen molar-refractivity contribution in [1.29, 1.82) is 0 Å². The van der Waals surface area contributed by atoms with E-state index in [4.69, 9.17) is 4.74 Å². The first-order chi connectivity index (χ1) is 8.22. The van der Waals surface area contributed by atoms with Gasteiger partial charge in [-0.1, -0.05) is 50.3 Å². The minimum absolute atomic E-state index is 0.271. The average molecular weight is 230 g/mol. The highest BCUT2D eigenvalue weighted by Gasteiger charge is 2.28. The Kier molecular flexibility index (Phi) is 4.01. The first-order valence-electron chi connectivity index (χ1n) is 6.58. The van der Waals surface area contributed by atoms with E-state index in [0.29, 0.717) is 12.0 Å². The van der Waals surface area contributed by atoms with Crippen LogP contribution in [0.1, 0.15) is 45.3 Å². The van der Waals surface area contributed by atoms with Crippen molar-refractivity contribution >= 4 is 0 Å². The molecule has 0 N–H and O–H groups in total. The van der Waals surface area contributed by atoms with E-state index < -0.39 is 0 Å². The van der Waals surface area contributed by atoms with Gasteiger partial charge in [0, 0.05) is 0 Å². The molecule has 17 heavy (non-hydrogen) atoms. The van der Waals surface area contributed by atoms with Gasteiger partial charge in [0.2, 0.25) is 0 Å². The average Bonchev–Trinajstić information content (AvgIpc) is 2.39. The highest BCUT2D eigenvalue weighted by atomic mass is 16.5. The first kappa shape index (κ1) is 12.4. The predicted molar refractivity (Wildman–Crippen MR) is 71.9 cm³/mol. The highest BCUT2D eigenvalue weighted by Crippen LogP contribution is 2.36. The molecule has 0 bridgehead atoms. The van der Waals surface area contributed by atoms with Crippen LogP contribution in [0.25, 0.3) is 0 Å². The second-order valence-electron chi connectivity index (χ2n) is 5.10. The number of benzene rings is 1. The van der Waals surface area contributed by atoms with E-state index in [0.717, 1.165) is 6.42 Å². The zero-order valence-electron chi connectivity index (χ0n) is 11.0. The molecule has 0 saturated carbocycles. The van der Waals surface area contributed by atoms with Crippen molar-refractivity contribution in [2.24, 2.45) is 5.92 Å². The molecular weight excluding hydrogens is 208 g/mol. The lowest BCUT2D eigenvalue weighted by atomic mass is 9.89. The quantitative estimate of drug-likeness (QED) is 0.679. The lowest BCUT2D eigenvalue weighted by Gasteiger charge is -2.35. The summed E-state index contributed by atoms with van der Waals surface area (Å²) in [5.41, 5.74) is 2.78. The molecule has 1 heterocycles. The summed E-state index contributed by atoms with van der Waals surface area (Å²) >= 11 is 0. The summed E-state index contributed by atoms with van der Waals surface area (Å²) in [6.45, 7) is 6.60. The summed E-state index contributed by atoms with van der Waals surface area (Å²) in [5, 5.41) is 0. The first-order valence-corrected chi connectivity index (χ1v) is 6.58. The van der Waals surface area contributed by atoms with Crippen molar-refractivity contribution in [2.45, 2.75) is 45.8 Å². The monoisotopic (exact) mass is 230 g/mol. The van der Waals surface area contributed by atoms with Gasteiger partial charge in [-0.25, -0.2) is 0 Å². The Morgan fingerprint density at radius 1 is 1.24 bits per heavy atom. The highest BCUT2D eigenvalue weighted by molar-refractivity contribution is 5.21. The fraction of sp³-hybridized carbons (Fsp3) is 0.500. The van der Waals surface area contributed by atoms with Crippen molar-refractivity contribution < 1.29 is 4.74 Å². The van der Waals surface area contributed by atoms with E-state index in [2.05, 4.69) is 57.2 Å². The number of hydrogen-bond acceptors (Lipinski definition) is 1. The molecule has 2 atom stereocenters. The van der Waals surface area contributed by atoms with Gasteiger partial charge >= 0.3 is 0 Å². The van der Waals surface area contributed by atoms with Gasteiger partial charge in [0.05, 0.1) is 12.2 Å². The van der Waals surface area contributed by atoms with Crippen LogP contribution in [-0.4, -0.2) is 6.10 Å². The van der Waals surface area contributed by atoms with Gasteiger partial charge in [0.25, 0.3) is 0 Å². The van der Waals surface area contributed by atoms with E-state index >= 15 is 0 Å². The molecule has 0 amide bonds. The van der Waals surface area contributed by atoms with Gasteiger partial charge in [-0.05, 0) is 36.8 Å². The van der Waals surface area contributed by atoms with Gasteiger partial charge in [0.1, 0.15) is 0 Å². The molecule has 1 aliphatic rings. The lowest BCUT2D eigenvalue weighted by molar-refractivity contribution is -0.0419. The Morgan fingerprint density at radius 2 is 1.94 bits per heavy atom. The standard InChI is InChI=1S/C16H22O/c1-4-13-10-11-15(17-16(13)12(2)3)14-8-6-5-7-9-14/h4-9,12,15-16H,10-11H2,1-3H3. The molecule has 0 aliphatic carbocycles. The third-order valence-electron chi connectivity index (χ3n) is 3.52. The molecular formula is C16H22O. The van der Waals surface area contributed by atoms with Crippen LogP contribution in [0.5, 0.6) is 0 Å². The summed E-state index contributed by atoms with van der Waals surface area (Å²) < 4.78 is 6.27. The van der Waals surface area contributed by atoms with E-state index in [1.54, 1.807) is 0 Å². The van der Waals surface area contributed by atoms with Gasteiger partial charge in [0.15, 0.2) is 0 Å². The van der Waals surface area contributed by atoms with Crippen LogP contribution in [-0.2, 0) is 4.74 Å². The Labute approximate surface area is 104 Å². The van der Waals surface area contributed by atoms with Crippen LogP contribution in [0.3, 0.4) is 0 Å². The molecule has 92 valence electrons. The molecule has 0 radical (unpaired) electrons. The Balaban J connectivity index is 2.14. The molecule has 1 aliphatic heterocycles. The molecule has 1 aromatic rings. The minimum Gasteiger partial charge on any atom is -0.366 e. The number of rotatable bonds is 2. The second-order valence-corrected chi connectivity index (χ2v) is 5.10. The summed E-state index contributed by atoms with van der Waals surface area (Å²) in [6, 6.07) is 10.6. The zero-order valence-corrected chi connectivity index (χ0v) is 11.0. The maximum atomic E-state index is 6.27. The molecule has 1 nitrogen and oxygen atoms in total. The SMILES string of the molecule is CC=C1CCC(c2ccccc2)OC1C(C)C. The van der Waals surface area contributed by atoms with Crippen LogP contribution in [0.15, 0.2) is 42.0 Å². The normalized spacial score (nSPS) is 27.6. The van der Waals surface area contributed by atoms with Crippen LogP contribution < -0.4 is 0 Å². The van der Waals surface area contributed by atoms with Crippen molar-refractivity contribution in [3.63, 3.8) is 0 Å². The number of ether oxygens (including phenoxy) is 1. The molecule has 0 aromatic heterocycles.